The van der Waals surface area contributed by atoms with Crippen LogP contribution in [0.25, 0.3) is 15.7 Å². The van der Waals surface area contributed by atoms with E-state index in [1.54, 1.807) is 6.20 Å². The molecular formula is C12H9ClN2. The fraction of sp³-hybridized carbons (Fsp3) is 0.167. The molecule has 1 aromatic heterocycles. The van der Waals surface area contributed by atoms with Crippen LogP contribution in [0, 0.1) is 6.57 Å². The highest BCUT2D eigenvalue weighted by molar-refractivity contribution is 6.32. The lowest BCUT2D eigenvalue weighted by atomic mass is 10.0. The van der Waals surface area contributed by atoms with E-state index in [2.05, 4.69) is 9.83 Å². The first-order valence-corrected chi connectivity index (χ1v) is 5.01. The number of halogens is 1. The van der Waals surface area contributed by atoms with Crippen LogP contribution in [0.15, 0.2) is 30.5 Å². The minimum Gasteiger partial charge on any atom is -0.309 e. The van der Waals surface area contributed by atoms with Crippen molar-refractivity contribution in [2.75, 3.05) is 0 Å². The smallest absolute Gasteiger partial charge is 0.249 e. The lowest BCUT2D eigenvalue weighted by Crippen LogP contribution is -1.93. The lowest BCUT2D eigenvalue weighted by Gasteiger charge is -2.06. The van der Waals surface area contributed by atoms with Gasteiger partial charge in [-0.2, -0.15) is 0 Å². The number of fused-ring (bicyclic) bond motifs is 1. The molecule has 2 aromatic rings. The summed E-state index contributed by atoms with van der Waals surface area (Å²) in [5.41, 5.74) is 1.65. The van der Waals surface area contributed by atoms with Crippen LogP contribution in [0.1, 0.15) is 18.5 Å². The Labute approximate surface area is 93.3 Å². The molecule has 0 spiro atoms. The van der Waals surface area contributed by atoms with E-state index in [0.717, 1.165) is 16.5 Å². The van der Waals surface area contributed by atoms with Crippen molar-refractivity contribution in [1.82, 2.24) is 4.98 Å². The van der Waals surface area contributed by atoms with E-state index in [1.165, 1.54) is 0 Å². The second-order valence-electron chi connectivity index (χ2n) is 3.34. The van der Waals surface area contributed by atoms with E-state index in [4.69, 9.17) is 18.2 Å². The molecule has 74 valence electrons. The van der Waals surface area contributed by atoms with Crippen molar-refractivity contribution in [2.24, 2.45) is 0 Å². The van der Waals surface area contributed by atoms with Crippen molar-refractivity contribution in [3.63, 3.8) is 0 Å². The summed E-state index contributed by atoms with van der Waals surface area (Å²) < 4.78 is 0. The second kappa shape index (κ2) is 3.88. The van der Waals surface area contributed by atoms with Crippen molar-refractivity contribution >= 4 is 22.5 Å². The van der Waals surface area contributed by atoms with Crippen LogP contribution in [0.3, 0.4) is 0 Å². The summed E-state index contributed by atoms with van der Waals surface area (Å²) in [6.45, 7) is 8.89. The molecule has 3 heteroatoms. The molecule has 0 radical (unpaired) electrons. The van der Waals surface area contributed by atoms with Crippen molar-refractivity contribution in [2.45, 2.75) is 13.0 Å². The number of hydrogen-bond donors (Lipinski definition) is 0. The Balaban J connectivity index is 2.81. The predicted octanol–water partition coefficient (Wildman–Crippen LogP) is 3.87. The molecule has 0 saturated carbocycles. The quantitative estimate of drug-likeness (QED) is 0.662. The number of nitrogens with zero attached hydrogens (tertiary/aromatic N) is 2. The molecule has 1 heterocycles. The average Bonchev–Trinajstić information content (AvgIpc) is 2.28. The Bertz CT molecular complexity index is 543. The summed E-state index contributed by atoms with van der Waals surface area (Å²) in [6, 6.07) is 7.34. The summed E-state index contributed by atoms with van der Waals surface area (Å²) in [7, 11) is 0. The number of pyridine rings is 1. The normalized spacial score (nSPS) is 12.3. The van der Waals surface area contributed by atoms with Crippen molar-refractivity contribution in [3.8, 4) is 0 Å². The van der Waals surface area contributed by atoms with Crippen LogP contribution in [0.5, 0.6) is 0 Å². The van der Waals surface area contributed by atoms with E-state index in [-0.39, 0.29) is 6.04 Å². The van der Waals surface area contributed by atoms with Crippen LogP contribution in [0.2, 0.25) is 5.02 Å². The SMILES string of the molecule is [C-]#[N+]C(C)c1c(Cl)ccc2cccnc12. The molecule has 0 amide bonds. The highest BCUT2D eigenvalue weighted by Crippen LogP contribution is 2.31. The number of hydrogen-bond acceptors (Lipinski definition) is 1. The van der Waals surface area contributed by atoms with Gasteiger partial charge >= 0.3 is 0 Å². The first-order valence-electron chi connectivity index (χ1n) is 4.63. The summed E-state index contributed by atoms with van der Waals surface area (Å²) in [6.07, 6.45) is 1.72. The van der Waals surface area contributed by atoms with Gasteiger partial charge in [-0.15, -0.1) is 0 Å². The van der Waals surface area contributed by atoms with Gasteiger partial charge in [0.2, 0.25) is 6.04 Å². The summed E-state index contributed by atoms with van der Waals surface area (Å²) in [4.78, 5) is 7.78. The molecule has 2 rings (SSSR count). The van der Waals surface area contributed by atoms with Crippen molar-refractivity contribution in [3.05, 3.63) is 52.5 Å². The minimum atomic E-state index is -0.254. The van der Waals surface area contributed by atoms with Crippen molar-refractivity contribution < 1.29 is 0 Å². The van der Waals surface area contributed by atoms with E-state index >= 15 is 0 Å². The van der Waals surface area contributed by atoms with Crippen LogP contribution in [-0.4, -0.2) is 4.98 Å². The Morgan fingerprint density at radius 2 is 2.20 bits per heavy atom. The molecule has 0 bridgehead atoms. The van der Waals surface area contributed by atoms with Gasteiger partial charge in [0, 0.05) is 18.5 Å². The standard InChI is InChI=1S/C12H9ClN2/c1-8(14-2)11-10(13)6-5-9-4-3-7-15-12(9)11/h3-8H,1H3. The zero-order valence-electron chi connectivity index (χ0n) is 8.24. The topological polar surface area (TPSA) is 17.2 Å². The van der Waals surface area contributed by atoms with Gasteiger partial charge in [-0.3, -0.25) is 4.98 Å². The predicted molar refractivity (Wildman–Crippen MR) is 61.8 cm³/mol. The fourth-order valence-corrected chi connectivity index (χ4v) is 1.92. The van der Waals surface area contributed by atoms with E-state index in [1.807, 2.05) is 31.2 Å². The van der Waals surface area contributed by atoms with E-state index in [9.17, 15) is 0 Å². The molecule has 1 atom stereocenters. The maximum atomic E-state index is 7.06. The van der Waals surface area contributed by atoms with Gasteiger partial charge < -0.3 is 4.85 Å². The van der Waals surface area contributed by atoms with Gasteiger partial charge in [-0.1, -0.05) is 23.7 Å². The van der Waals surface area contributed by atoms with Crippen LogP contribution in [0.4, 0.5) is 0 Å². The minimum absolute atomic E-state index is 0.254. The van der Waals surface area contributed by atoms with Crippen LogP contribution < -0.4 is 0 Å². The largest absolute Gasteiger partial charge is 0.309 e. The van der Waals surface area contributed by atoms with Gasteiger partial charge in [0.25, 0.3) is 0 Å². The van der Waals surface area contributed by atoms with Gasteiger partial charge in [-0.25, -0.2) is 6.57 Å². The molecule has 1 aromatic carbocycles. The van der Waals surface area contributed by atoms with Gasteiger partial charge in [0.05, 0.1) is 16.1 Å². The van der Waals surface area contributed by atoms with E-state index < -0.39 is 0 Å². The molecule has 0 aliphatic rings. The number of aromatic nitrogens is 1. The Morgan fingerprint density at radius 3 is 2.93 bits per heavy atom. The highest BCUT2D eigenvalue weighted by atomic mass is 35.5. The maximum Gasteiger partial charge on any atom is 0.249 e. The molecule has 0 aliphatic carbocycles. The number of rotatable bonds is 1. The Hall–Kier alpha value is -1.59. The third kappa shape index (κ3) is 1.67. The summed E-state index contributed by atoms with van der Waals surface area (Å²) in [5.74, 6) is 0. The first kappa shape index (κ1) is 9.95. The van der Waals surface area contributed by atoms with E-state index in [0.29, 0.717) is 5.02 Å². The third-order valence-corrected chi connectivity index (χ3v) is 2.70. The zero-order chi connectivity index (χ0) is 10.8. The number of benzene rings is 1. The monoisotopic (exact) mass is 216 g/mol. The van der Waals surface area contributed by atoms with Gasteiger partial charge in [-0.05, 0) is 12.1 Å². The molecule has 0 saturated heterocycles. The third-order valence-electron chi connectivity index (χ3n) is 2.37. The van der Waals surface area contributed by atoms with Gasteiger partial charge in [0.15, 0.2) is 0 Å². The molecule has 0 fully saturated rings. The Morgan fingerprint density at radius 1 is 1.40 bits per heavy atom. The maximum absolute atomic E-state index is 7.06. The molecular weight excluding hydrogens is 208 g/mol. The van der Waals surface area contributed by atoms with Crippen LogP contribution in [-0.2, 0) is 0 Å². The van der Waals surface area contributed by atoms with Crippen molar-refractivity contribution in [1.29, 1.82) is 0 Å². The van der Waals surface area contributed by atoms with Crippen LogP contribution >= 0.6 is 11.6 Å². The Kier molecular flexibility index (Phi) is 2.57. The fourth-order valence-electron chi connectivity index (χ4n) is 1.61. The lowest BCUT2D eigenvalue weighted by molar-refractivity contribution is 0.968. The molecule has 15 heavy (non-hydrogen) atoms. The molecule has 0 N–H and O–H groups in total. The summed E-state index contributed by atoms with van der Waals surface area (Å²) in [5, 5.41) is 1.64. The summed E-state index contributed by atoms with van der Waals surface area (Å²) >= 11 is 6.09. The molecule has 0 aliphatic heterocycles. The zero-order valence-corrected chi connectivity index (χ0v) is 8.99. The molecule has 1 unspecified atom stereocenters. The first-order chi connectivity index (χ1) is 7.24. The highest BCUT2D eigenvalue weighted by Gasteiger charge is 2.17. The second-order valence-corrected chi connectivity index (χ2v) is 3.75. The van der Waals surface area contributed by atoms with Gasteiger partial charge in [0.1, 0.15) is 0 Å². The molecule has 2 nitrogen and oxygen atoms in total. The average molecular weight is 217 g/mol.